The highest BCUT2D eigenvalue weighted by Crippen LogP contribution is 2.25. The number of rotatable bonds is 11. The standard InChI is InChI=1S/C16H26/c1-5-10-15(8-4)13-9-14-16(11-6-2)12-7-3/h5-7H,1-3,8-14H2,4H3/q+2. The monoisotopic (exact) mass is 218 g/mol. The maximum Gasteiger partial charge on any atom is 0.108 e. The van der Waals surface area contributed by atoms with Crippen molar-refractivity contribution in [3.05, 3.63) is 49.8 Å². The van der Waals surface area contributed by atoms with Gasteiger partial charge >= 0.3 is 0 Å². The van der Waals surface area contributed by atoms with Crippen molar-refractivity contribution in [3.8, 4) is 0 Å². The van der Waals surface area contributed by atoms with Crippen LogP contribution in [0.5, 0.6) is 0 Å². The smallest absolute Gasteiger partial charge is 0.0989 e. The van der Waals surface area contributed by atoms with E-state index in [1.54, 1.807) is 11.8 Å². The molecular weight excluding hydrogens is 192 g/mol. The second-order valence-electron chi connectivity index (χ2n) is 4.19. The molecular formula is C16H26+2. The number of hydrogen-bond acceptors (Lipinski definition) is 0. The molecule has 0 heterocycles. The molecule has 0 aliphatic carbocycles. The molecule has 0 saturated heterocycles. The van der Waals surface area contributed by atoms with Crippen LogP contribution in [0.3, 0.4) is 0 Å². The van der Waals surface area contributed by atoms with E-state index in [0.717, 1.165) is 19.3 Å². The van der Waals surface area contributed by atoms with Crippen molar-refractivity contribution in [3.63, 3.8) is 0 Å². The molecule has 0 rings (SSSR count). The molecule has 88 valence electrons. The molecule has 0 aromatic rings. The molecule has 16 heavy (non-hydrogen) atoms. The highest BCUT2D eigenvalue weighted by atomic mass is 14.1. The largest absolute Gasteiger partial charge is 0.108 e. The molecule has 0 aromatic heterocycles. The molecule has 0 spiro atoms. The summed E-state index contributed by atoms with van der Waals surface area (Å²) in [5.41, 5.74) is 0. The lowest BCUT2D eigenvalue weighted by molar-refractivity contribution is 0.631. The van der Waals surface area contributed by atoms with E-state index in [1.807, 2.05) is 18.2 Å². The Morgan fingerprint density at radius 1 is 0.812 bits per heavy atom. The fourth-order valence-corrected chi connectivity index (χ4v) is 1.91. The summed E-state index contributed by atoms with van der Waals surface area (Å²) in [5, 5.41) is 0. The first-order chi connectivity index (χ1) is 7.78. The maximum absolute atomic E-state index is 3.80. The molecule has 0 N–H and O–H groups in total. The first-order valence-electron chi connectivity index (χ1n) is 6.28. The van der Waals surface area contributed by atoms with Crippen LogP contribution in [-0.2, 0) is 0 Å². The predicted octanol–water partition coefficient (Wildman–Crippen LogP) is 5.44. The van der Waals surface area contributed by atoms with Gasteiger partial charge in [-0.05, 0) is 25.2 Å². The Balaban J connectivity index is 3.76. The molecule has 0 aliphatic heterocycles. The van der Waals surface area contributed by atoms with E-state index in [4.69, 9.17) is 0 Å². The van der Waals surface area contributed by atoms with Gasteiger partial charge in [-0.2, -0.15) is 0 Å². The summed E-state index contributed by atoms with van der Waals surface area (Å²) in [4.78, 5) is 0. The molecule has 0 heteroatoms. The Morgan fingerprint density at radius 3 is 1.69 bits per heavy atom. The Labute approximate surface area is 102 Å². The van der Waals surface area contributed by atoms with E-state index < -0.39 is 0 Å². The van der Waals surface area contributed by atoms with Crippen molar-refractivity contribution in [2.45, 2.75) is 51.9 Å². The lowest BCUT2D eigenvalue weighted by Gasteiger charge is -2.03. The van der Waals surface area contributed by atoms with E-state index in [1.165, 1.54) is 25.7 Å². The summed E-state index contributed by atoms with van der Waals surface area (Å²) in [7, 11) is 0. The molecule has 0 fully saturated rings. The van der Waals surface area contributed by atoms with Gasteiger partial charge in [-0.15, -0.1) is 0 Å². The topological polar surface area (TPSA) is 0 Å². The molecule has 0 radical (unpaired) electrons. The van der Waals surface area contributed by atoms with Crippen molar-refractivity contribution in [2.24, 2.45) is 0 Å². The van der Waals surface area contributed by atoms with Crippen molar-refractivity contribution < 1.29 is 0 Å². The molecule has 0 aliphatic rings. The molecule has 0 nitrogen and oxygen atoms in total. The third kappa shape index (κ3) is 7.28. The van der Waals surface area contributed by atoms with Crippen LogP contribution in [0.25, 0.3) is 0 Å². The van der Waals surface area contributed by atoms with E-state index in [-0.39, 0.29) is 0 Å². The summed E-state index contributed by atoms with van der Waals surface area (Å²) in [6.07, 6.45) is 14.0. The second kappa shape index (κ2) is 10.5. The lowest BCUT2D eigenvalue weighted by Crippen LogP contribution is -1.99. The number of hydrogen-bond donors (Lipinski definition) is 0. The first-order valence-corrected chi connectivity index (χ1v) is 6.28. The van der Waals surface area contributed by atoms with Gasteiger partial charge in [0.05, 0.1) is 31.1 Å². The third-order valence-corrected chi connectivity index (χ3v) is 2.86. The minimum absolute atomic E-state index is 1.04. The average Bonchev–Trinajstić information content (AvgIpc) is 2.28. The van der Waals surface area contributed by atoms with Crippen molar-refractivity contribution in [2.75, 3.05) is 0 Å². The molecule has 0 saturated carbocycles. The van der Waals surface area contributed by atoms with Gasteiger partial charge in [0.1, 0.15) is 19.3 Å². The van der Waals surface area contributed by atoms with Gasteiger partial charge in [0.2, 0.25) is 0 Å². The van der Waals surface area contributed by atoms with Crippen molar-refractivity contribution in [1.82, 2.24) is 0 Å². The summed E-state index contributed by atoms with van der Waals surface area (Å²) in [6.45, 7) is 13.6. The van der Waals surface area contributed by atoms with Crippen LogP contribution in [0.1, 0.15) is 51.9 Å². The first kappa shape index (κ1) is 15.0. The molecule has 0 amide bonds. The normalized spacial score (nSPS) is 9.56. The van der Waals surface area contributed by atoms with Gasteiger partial charge in [-0.3, -0.25) is 0 Å². The summed E-state index contributed by atoms with van der Waals surface area (Å²) < 4.78 is 0. The lowest BCUT2D eigenvalue weighted by atomic mass is 9.90. The molecule has 0 atom stereocenters. The Hall–Kier alpha value is -1.04. The van der Waals surface area contributed by atoms with Crippen LogP contribution < -0.4 is 0 Å². The van der Waals surface area contributed by atoms with Gasteiger partial charge in [-0.1, -0.05) is 19.7 Å². The quantitative estimate of drug-likeness (QED) is 0.320. The highest BCUT2D eigenvalue weighted by molar-refractivity contribution is 5.01. The molecule has 0 bridgehead atoms. The van der Waals surface area contributed by atoms with Crippen molar-refractivity contribution >= 4 is 0 Å². The average molecular weight is 218 g/mol. The van der Waals surface area contributed by atoms with E-state index >= 15 is 0 Å². The minimum Gasteiger partial charge on any atom is -0.0989 e. The van der Waals surface area contributed by atoms with Gasteiger partial charge in [0.15, 0.2) is 0 Å². The number of allylic oxidation sites excluding steroid dienone is 3. The van der Waals surface area contributed by atoms with Crippen LogP contribution in [0, 0.1) is 11.8 Å². The van der Waals surface area contributed by atoms with Crippen LogP contribution in [0.4, 0.5) is 0 Å². The zero-order valence-corrected chi connectivity index (χ0v) is 10.8. The third-order valence-electron chi connectivity index (χ3n) is 2.86. The Bertz CT molecular complexity index is 180. The SMILES string of the molecule is C=CC[C+](CC)CCC[C+](CC=C)CC=C. The summed E-state index contributed by atoms with van der Waals surface area (Å²) in [5.74, 6) is 3.17. The maximum atomic E-state index is 3.80. The zero-order valence-electron chi connectivity index (χ0n) is 10.8. The summed E-state index contributed by atoms with van der Waals surface area (Å²) >= 11 is 0. The van der Waals surface area contributed by atoms with Crippen LogP contribution in [0.15, 0.2) is 38.0 Å². The van der Waals surface area contributed by atoms with E-state index in [0.29, 0.717) is 0 Å². The minimum atomic E-state index is 1.04. The van der Waals surface area contributed by atoms with E-state index in [2.05, 4.69) is 26.7 Å². The van der Waals surface area contributed by atoms with Gasteiger partial charge in [0.25, 0.3) is 0 Å². The van der Waals surface area contributed by atoms with Gasteiger partial charge < -0.3 is 0 Å². The van der Waals surface area contributed by atoms with Gasteiger partial charge in [-0.25, -0.2) is 0 Å². The van der Waals surface area contributed by atoms with E-state index in [9.17, 15) is 0 Å². The van der Waals surface area contributed by atoms with Gasteiger partial charge in [0, 0.05) is 6.42 Å². The van der Waals surface area contributed by atoms with Crippen LogP contribution in [0.2, 0.25) is 0 Å². The fraction of sp³-hybridized carbons (Fsp3) is 0.500. The predicted molar refractivity (Wildman–Crippen MR) is 75.1 cm³/mol. The molecule has 0 unspecified atom stereocenters. The second-order valence-corrected chi connectivity index (χ2v) is 4.19. The Morgan fingerprint density at radius 2 is 1.25 bits per heavy atom. The van der Waals surface area contributed by atoms with Crippen molar-refractivity contribution in [1.29, 1.82) is 0 Å². The van der Waals surface area contributed by atoms with Crippen LogP contribution >= 0.6 is 0 Å². The van der Waals surface area contributed by atoms with Crippen LogP contribution in [-0.4, -0.2) is 0 Å². The highest BCUT2D eigenvalue weighted by Gasteiger charge is 2.20. The zero-order chi connectivity index (χ0) is 12.2. The summed E-state index contributed by atoms with van der Waals surface area (Å²) in [6, 6.07) is 0. The molecule has 0 aromatic carbocycles. The Kier molecular flexibility index (Phi) is 9.80. The fourth-order valence-electron chi connectivity index (χ4n) is 1.91.